The fourth-order valence-electron chi connectivity index (χ4n) is 2.73. The van der Waals surface area contributed by atoms with E-state index in [0.717, 1.165) is 4.88 Å². The first-order valence-electron chi connectivity index (χ1n) is 7.57. The van der Waals surface area contributed by atoms with Crippen LogP contribution in [0.3, 0.4) is 0 Å². The minimum atomic E-state index is -0.608. The minimum Gasteiger partial charge on any atom is -0.465 e. The highest BCUT2D eigenvalue weighted by molar-refractivity contribution is 7.10. The molecule has 0 fully saturated rings. The van der Waals surface area contributed by atoms with E-state index in [1.807, 2.05) is 17.5 Å². The molecule has 3 rings (SSSR count). The summed E-state index contributed by atoms with van der Waals surface area (Å²) in [4.78, 5) is 37.7. The van der Waals surface area contributed by atoms with Crippen molar-refractivity contribution in [1.29, 1.82) is 0 Å². The van der Waals surface area contributed by atoms with Gasteiger partial charge in [-0.1, -0.05) is 6.07 Å². The number of non-ortho nitro benzene ring substituents is 1. The van der Waals surface area contributed by atoms with Gasteiger partial charge in [-0.2, -0.15) is 0 Å². The van der Waals surface area contributed by atoms with Gasteiger partial charge in [0.1, 0.15) is 0 Å². The van der Waals surface area contributed by atoms with Gasteiger partial charge in [-0.05, 0) is 36.6 Å². The van der Waals surface area contributed by atoms with Crippen molar-refractivity contribution in [3.05, 3.63) is 73.6 Å². The fourth-order valence-corrected chi connectivity index (χ4v) is 3.39. The second-order valence-electron chi connectivity index (χ2n) is 5.44. The summed E-state index contributed by atoms with van der Waals surface area (Å²) in [5.74, 6) is -0.992. The number of nitro benzene ring substituents is 1. The lowest BCUT2D eigenvalue weighted by Crippen LogP contribution is -2.24. The van der Waals surface area contributed by atoms with E-state index in [2.05, 4.69) is 0 Å². The Morgan fingerprint density at radius 3 is 2.50 bits per heavy atom. The van der Waals surface area contributed by atoms with Crippen LogP contribution in [0.2, 0.25) is 0 Å². The van der Waals surface area contributed by atoms with Crippen LogP contribution in [0.4, 0.5) is 11.4 Å². The minimum absolute atomic E-state index is 0.0791. The van der Waals surface area contributed by atoms with E-state index in [1.165, 1.54) is 47.6 Å². The normalized spacial score (nSPS) is 15.7. The molecule has 0 aliphatic carbocycles. The molecule has 26 heavy (non-hydrogen) atoms. The summed E-state index contributed by atoms with van der Waals surface area (Å²) in [5.41, 5.74) is 1.19. The van der Waals surface area contributed by atoms with E-state index < -0.39 is 10.9 Å². The number of hydrogen-bond donors (Lipinski definition) is 0. The van der Waals surface area contributed by atoms with Crippen LogP contribution >= 0.6 is 11.3 Å². The van der Waals surface area contributed by atoms with Crippen molar-refractivity contribution in [2.24, 2.45) is 0 Å². The van der Waals surface area contributed by atoms with Crippen LogP contribution in [0.25, 0.3) is 6.08 Å². The third-order valence-electron chi connectivity index (χ3n) is 3.94. The standard InChI is InChI=1S/C18H14N2O5S/c1-11-16(18(22)25-2)15(10-14-4-3-9-26-14)17(21)19(11)12-5-7-13(8-6-12)20(23)24/h3-10H,1-2H3/b15-10-. The van der Waals surface area contributed by atoms with Gasteiger partial charge in [0.25, 0.3) is 11.6 Å². The molecular formula is C18H14N2O5S. The molecule has 8 heteroatoms. The first-order valence-corrected chi connectivity index (χ1v) is 8.45. The molecule has 1 amide bonds. The number of esters is 1. The lowest BCUT2D eigenvalue weighted by atomic mass is 10.1. The van der Waals surface area contributed by atoms with Gasteiger partial charge in [0, 0.05) is 28.4 Å². The number of carbonyl (C=O) groups is 2. The maximum absolute atomic E-state index is 13.0. The first kappa shape index (κ1) is 17.6. The number of hydrogen-bond acceptors (Lipinski definition) is 6. The molecule has 1 aliphatic heterocycles. The summed E-state index contributed by atoms with van der Waals surface area (Å²) in [6, 6.07) is 9.26. The van der Waals surface area contributed by atoms with Gasteiger partial charge in [0.2, 0.25) is 0 Å². The highest BCUT2D eigenvalue weighted by Gasteiger charge is 2.38. The van der Waals surface area contributed by atoms with Gasteiger partial charge < -0.3 is 4.74 Å². The van der Waals surface area contributed by atoms with Crippen LogP contribution in [0.1, 0.15) is 11.8 Å². The van der Waals surface area contributed by atoms with Crippen molar-refractivity contribution in [3.63, 3.8) is 0 Å². The quantitative estimate of drug-likeness (QED) is 0.355. The maximum Gasteiger partial charge on any atom is 0.340 e. The maximum atomic E-state index is 13.0. The number of rotatable bonds is 4. The molecule has 0 radical (unpaired) electrons. The van der Waals surface area contributed by atoms with Crippen molar-refractivity contribution in [2.75, 3.05) is 12.0 Å². The molecule has 1 aliphatic rings. The highest BCUT2D eigenvalue weighted by Crippen LogP contribution is 2.36. The van der Waals surface area contributed by atoms with Crippen LogP contribution < -0.4 is 4.90 Å². The molecule has 0 N–H and O–H groups in total. The predicted molar refractivity (Wildman–Crippen MR) is 97.6 cm³/mol. The first-order chi connectivity index (χ1) is 12.4. The van der Waals surface area contributed by atoms with Crippen LogP contribution in [0.5, 0.6) is 0 Å². The predicted octanol–water partition coefficient (Wildman–Crippen LogP) is 3.53. The highest BCUT2D eigenvalue weighted by atomic mass is 32.1. The number of methoxy groups -OCH3 is 1. The molecule has 0 saturated carbocycles. The van der Waals surface area contributed by atoms with Gasteiger partial charge in [0.15, 0.2) is 0 Å². The summed E-state index contributed by atoms with van der Waals surface area (Å²) in [6.45, 7) is 1.64. The number of amides is 1. The van der Waals surface area contributed by atoms with Crippen molar-refractivity contribution >= 4 is 40.7 Å². The third kappa shape index (κ3) is 3.02. The molecule has 2 heterocycles. The molecule has 1 aromatic carbocycles. The van der Waals surface area contributed by atoms with Gasteiger partial charge in [-0.3, -0.25) is 19.8 Å². The van der Waals surface area contributed by atoms with Gasteiger partial charge in [0.05, 0.1) is 23.2 Å². The lowest BCUT2D eigenvalue weighted by molar-refractivity contribution is -0.384. The monoisotopic (exact) mass is 370 g/mol. The smallest absolute Gasteiger partial charge is 0.340 e. The van der Waals surface area contributed by atoms with E-state index in [4.69, 9.17) is 4.74 Å². The van der Waals surface area contributed by atoms with E-state index in [-0.39, 0.29) is 22.7 Å². The van der Waals surface area contributed by atoms with Crippen molar-refractivity contribution < 1.29 is 19.2 Å². The van der Waals surface area contributed by atoms with Crippen LogP contribution in [0, 0.1) is 10.1 Å². The third-order valence-corrected chi connectivity index (χ3v) is 4.76. The van der Waals surface area contributed by atoms with E-state index in [1.54, 1.807) is 13.0 Å². The van der Waals surface area contributed by atoms with Crippen molar-refractivity contribution in [2.45, 2.75) is 6.92 Å². The number of carbonyl (C=O) groups excluding carboxylic acids is 2. The number of thiophene rings is 1. The summed E-state index contributed by atoms with van der Waals surface area (Å²) in [6.07, 6.45) is 1.65. The molecule has 0 saturated heterocycles. The summed E-state index contributed by atoms with van der Waals surface area (Å²) in [7, 11) is 1.25. The zero-order chi connectivity index (χ0) is 18.8. The van der Waals surface area contributed by atoms with Gasteiger partial charge >= 0.3 is 5.97 Å². The number of nitro groups is 1. The summed E-state index contributed by atoms with van der Waals surface area (Å²) in [5, 5.41) is 12.7. The van der Waals surface area contributed by atoms with E-state index >= 15 is 0 Å². The number of nitrogens with zero attached hydrogens (tertiary/aromatic N) is 2. The van der Waals surface area contributed by atoms with E-state index in [0.29, 0.717) is 11.4 Å². The Balaban J connectivity index is 2.09. The average molecular weight is 370 g/mol. The van der Waals surface area contributed by atoms with Crippen molar-refractivity contribution in [3.8, 4) is 0 Å². The Labute approximate surface area is 153 Å². The Kier molecular flexibility index (Phi) is 4.68. The number of anilines is 1. The van der Waals surface area contributed by atoms with Crippen LogP contribution in [0.15, 0.2) is 58.6 Å². The number of benzene rings is 1. The summed E-state index contributed by atoms with van der Waals surface area (Å²) >= 11 is 1.44. The molecule has 0 bridgehead atoms. The Bertz CT molecular complexity index is 942. The van der Waals surface area contributed by atoms with E-state index in [9.17, 15) is 19.7 Å². The Hall–Kier alpha value is -3.26. The Morgan fingerprint density at radius 2 is 1.96 bits per heavy atom. The second kappa shape index (κ2) is 6.93. The molecule has 0 unspecified atom stereocenters. The summed E-state index contributed by atoms with van der Waals surface area (Å²) < 4.78 is 4.83. The molecule has 2 aromatic rings. The SMILES string of the molecule is COC(=O)C1=C(C)N(c2ccc([N+](=O)[O-])cc2)C(=O)/C1=C\c1cccs1. The zero-order valence-electron chi connectivity index (χ0n) is 14.0. The molecule has 1 aromatic heterocycles. The average Bonchev–Trinajstić information content (AvgIpc) is 3.22. The van der Waals surface area contributed by atoms with Crippen LogP contribution in [-0.4, -0.2) is 23.9 Å². The largest absolute Gasteiger partial charge is 0.465 e. The van der Waals surface area contributed by atoms with Crippen molar-refractivity contribution in [1.82, 2.24) is 0 Å². The van der Waals surface area contributed by atoms with Gasteiger partial charge in [-0.15, -0.1) is 11.3 Å². The molecule has 7 nitrogen and oxygen atoms in total. The van der Waals surface area contributed by atoms with Crippen LogP contribution in [-0.2, 0) is 14.3 Å². The lowest BCUT2D eigenvalue weighted by Gasteiger charge is -2.17. The topological polar surface area (TPSA) is 89.8 Å². The zero-order valence-corrected chi connectivity index (χ0v) is 14.8. The second-order valence-corrected chi connectivity index (χ2v) is 6.42. The van der Waals surface area contributed by atoms with Gasteiger partial charge in [-0.25, -0.2) is 4.79 Å². The molecule has 0 atom stereocenters. The number of ether oxygens (including phenoxy) is 1. The molecule has 132 valence electrons. The Morgan fingerprint density at radius 1 is 1.27 bits per heavy atom. The molecule has 0 spiro atoms. The fraction of sp³-hybridized carbons (Fsp3) is 0.111. The number of allylic oxidation sites excluding steroid dienone is 1. The molecular weight excluding hydrogens is 356 g/mol.